The van der Waals surface area contributed by atoms with Gasteiger partial charge in [0.25, 0.3) is 0 Å². The Labute approximate surface area is 133 Å². The molecule has 0 bridgehead atoms. The van der Waals surface area contributed by atoms with Crippen LogP contribution in [0.4, 0.5) is 0 Å². The van der Waals surface area contributed by atoms with Crippen LogP contribution in [0, 0.1) is 12.8 Å². The van der Waals surface area contributed by atoms with Crippen molar-refractivity contribution in [2.45, 2.75) is 26.3 Å². The van der Waals surface area contributed by atoms with Gasteiger partial charge >= 0.3 is 0 Å². The Balaban J connectivity index is 1.37. The van der Waals surface area contributed by atoms with Gasteiger partial charge in [0.05, 0.1) is 6.54 Å². The van der Waals surface area contributed by atoms with Crippen LogP contribution >= 0.6 is 0 Å². The van der Waals surface area contributed by atoms with Crippen LogP contribution in [0.25, 0.3) is 0 Å². The zero-order valence-corrected chi connectivity index (χ0v) is 13.6. The average Bonchev–Trinajstić information content (AvgIpc) is 3.32. The maximum absolute atomic E-state index is 11.9. The molecule has 1 N–H and O–H groups in total. The van der Waals surface area contributed by atoms with Crippen LogP contribution in [-0.2, 0) is 11.3 Å². The predicted octanol–water partition coefficient (Wildman–Crippen LogP) is 1.64. The summed E-state index contributed by atoms with van der Waals surface area (Å²) in [7, 11) is 0. The molecule has 22 heavy (non-hydrogen) atoms. The molecule has 1 saturated heterocycles. The summed E-state index contributed by atoms with van der Waals surface area (Å²) in [4.78, 5) is 16.6. The van der Waals surface area contributed by atoms with Crippen molar-refractivity contribution in [1.82, 2.24) is 15.1 Å². The van der Waals surface area contributed by atoms with Crippen LogP contribution in [0.1, 0.15) is 24.0 Å². The molecule has 0 spiro atoms. The van der Waals surface area contributed by atoms with Crippen LogP contribution in [0.2, 0.25) is 0 Å². The number of carbonyl (C=O) groups excluding carboxylic acids is 1. The first-order chi connectivity index (χ1) is 10.7. The van der Waals surface area contributed by atoms with E-state index in [1.165, 1.54) is 24.0 Å². The maximum atomic E-state index is 11.9. The van der Waals surface area contributed by atoms with E-state index in [4.69, 9.17) is 0 Å². The molecule has 0 radical (unpaired) electrons. The Morgan fingerprint density at radius 1 is 1.18 bits per heavy atom. The van der Waals surface area contributed by atoms with Gasteiger partial charge in [-0.25, -0.2) is 0 Å². The first kappa shape index (κ1) is 15.5. The first-order valence-corrected chi connectivity index (χ1v) is 8.46. The Morgan fingerprint density at radius 2 is 1.91 bits per heavy atom. The molecule has 1 aromatic rings. The SMILES string of the molecule is Cc1cccc(CN2CCN(CC(=O)NCC3CC3)CC2)c1. The summed E-state index contributed by atoms with van der Waals surface area (Å²) in [6.45, 7) is 8.67. The van der Waals surface area contributed by atoms with Crippen LogP contribution in [0.15, 0.2) is 24.3 Å². The summed E-state index contributed by atoms with van der Waals surface area (Å²) in [6, 6.07) is 8.73. The number of piperazine rings is 1. The summed E-state index contributed by atoms with van der Waals surface area (Å²) in [5.74, 6) is 0.953. The van der Waals surface area contributed by atoms with Gasteiger partial charge in [-0.15, -0.1) is 0 Å². The molecule has 1 saturated carbocycles. The van der Waals surface area contributed by atoms with Gasteiger partial charge in [-0.1, -0.05) is 29.8 Å². The van der Waals surface area contributed by atoms with Crippen LogP contribution in [0.5, 0.6) is 0 Å². The van der Waals surface area contributed by atoms with Gasteiger partial charge in [0.2, 0.25) is 5.91 Å². The minimum atomic E-state index is 0.194. The molecule has 0 aromatic heterocycles. The normalized spacial score (nSPS) is 20.0. The fourth-order valence-corrected chi connectivity index (χ4v) is 3.01. The molecule has 1 aromatic carbocycles. The number of benzene rings is 1. The van der Waals surface area contributed by atoms with Gasteiger partial charge < -0.3 is 5.32 Å². The molecule has 0 atom stereocenters. The molecule has 0 unspecified atom stereocenters. The number of nitrogens with zero attached hydrogens (tertiary/aromatic N) is 2. The highest BCUT2D eigenvalue weighted by Crippen LogP contribution is 2.27. The minimum absolute atomic E-state index is 0.194. The molecule has 1 aliphatic carbocycles. The highest BCUT2D eigenvalue weighted by Gasteiger charge is 2.23. The molecule has 2 fully saturated rings. The number of hydrogen-bond donors (Lipinski definition) is 1. The van der Waals surface area contributed by atoms with E-state index < -0.39 is 0 Å². The molecule has 1 heterocycles. The van der Waals surface area contributed by atoms with Gasteiger partial charge in [-0.2, -0.15) is 0 Å². The van der Waals surface area contributed by atoms with Gasteiger partial charge in [-0.05, 0) is 31.2 Å². The van der Waals surface area contributed by atoms with E-state index in [2.05, 4.69) is 46.3 Å². The second-order valence-electron chi connectivity index (χ2n) is 6.79. The predicted molar refractivity (Wildman–Crippen MR) is 88.6 cm³/mol. The molecule has 4 nitrogen and oxygen atoms in total. The summed E-state index contributed by atoms with van der Waals surface area (Å²) in [6.07, 6.45) is 2.58. The van der Waals surface area contributed by atoms with Crippen LogP contribution in [0.3, 0.4) is 0 Å². The van der Waals surface area contributed by atoms with Crippen molar-refractivity contribution in [3.63, 3.8) is 0 Å². The number of nitrogens with one attached hydrogen (secondary N) is 1. The minimum Gasteiger partial charge on any atom is -0.355 e. The van der Waals surface area contributed by atoms with Crippen LogP contribution < -0.4 is 5.32 Å². The third kappa shape index (κ3) is 4.82. The van der Waals surface area contributed by atoms with Crippen molar-refractivity contribution in [3.05, 3.63) is 35.4 Å². The van der Waals surface area contributed by atoms with Gasteiger partial charge in [-0.3, -0.25) is 14.6 Å². The van der Waals surface area contributed by atoms with E-state index in [-0.39, 0.29) is 5.91 Å². The van der Waals surface area contributed by atoms with Crippen molar-refractivity contribution in [3.8, 4) is 0 Å². The molecule has 2 aliphatic rings. The smallest absolute Gasteiger partial charge is 0.234 e. The van der Waals surface area contributed by atoms with E-state index in [0.717, 1.165) is 45.2 Å². The zero-order valence-electron chi connectivity index (χ0n) is 13.6. The van der Waals surface area contributed by atoms with Crippen molar-refractivity contribution < 1.29 is 4.79 Å². The molecular formula is C18H27N3O. The fraction of sp³-hybridized carbons (Fsp3) is 0.611. The lowest BCUT2D eigenvalue weighted by Crippen LogP contribution is -2.49. The number of hydrogen-bond acceptors (Lipinski definition) is 3. The van der Waals surface area contributed by atoms with Gasteiger partial charge in [0.15, 0.2) is 0 Å². The summed E-state index contributed by atoms with van der Waals surface area (Å²) < 4.78 is 0. The first-order valence-electron chi connectivity index (χ1n) is 8.46. The van der Waals surface area contributed by atoms with E-state index in [1.54, 1.807) is 0 Å². The van der Waals surface area contributed by atoms with E-state index in [9.17, 15) is 4.79 Å². The standard InChI is InChI=1S/C18H27N3O/c1-15-3-2-4-17(11-15)13-20-7-9-21(10-8-20)14-18(22)19-12-16-5-6-16/h2-4,11,16H,5-10,12-14H2,1H3,(H,19,22). The quantitative estimate of drug-likeness (QED) is 0.867. The summed E-state index contributed by atoms with van der Waals surface area (Å²) in [5.41, 5.74) is 2.71. The zero-order chi connectivity index (χ0) is 15.4. The largest absolute Gasteiger partial charge is 0.355 e. The van der Waals surface area contributed by atoms with E-state index in [1.807, 2.05) is 0 Å². The average molecular weight is 301 g/mol. The fourth-order valence-electron chi connectivity index (χ4n) is 3.01. The third-order valence-corrected chi connectivity index (χ3v) is 4.61. The van der Waals surface area contributed by atoms with Crippen LogP contribution in [-0.4, -0.2) is 55.0 Å². The van der Waals surface area contributed by atoms with E-state index >= 15 is 0 Å². The molecular weight excluding hydrogens is 274 g/mol. The second-order valence-corrected chi connectivity index (χ2v) is 6.79. The number of rotatable bonds is 6. The Kier molecular flexibility index (Phi) is 5.11. The number of amides is 1. The monoisotopic (exact) mass is 301 g/mol. The second kappa shape index (κ2) is 7.25. The topological polar surface area (TPSA) is 35.6 Å². The molecule has 3 rings (SSSR count). The third-order valence-electron chi connectivity index (χ3n) is 4.61. The number of aryl methyl sites for hydroxylation is 1. The van der Waals surface area contributed by atoms with E-state index in [0.29, 0.717) is 6.54 Å². The van der Waals surface area contributed by atoms with Gasteiger partial charge in [0.1, 0.15) is 0 Å². The molecule has 1 amide bonds. The Hall–Kier alpha value is -1.39. The lowest BCUT2D eigenvalue weighted by Gasteiger charge is -2.34. The lowest BCUT2D eigenvalue weighted by molar-refractivity contribution is -0.122. The van der Waals surface area contributed by atoms with Crippen molar-refractivity contribution in [2.75, 3.05) is 39.3 Å². The Bertz CT molecular complexity index is 505. The number of carbonyl (C=O) groups is 1. The molecule has 120 valence electrons. The van der Waals surface area contributed by atoms with Crippen molar-refractivity contribution >= 4 is 5.91 Å². The lowest BCUT2D eigenvalue weighted by atomic mass is 10.1. The van der Waals surface area contributed by atoms with Crippen molar-refractivity contribution in [2.24, 2.45) is 5.92 Å². The Morgan fingerprint density at radius 3 is 2.59 bits per heavy atom. The highest BCUT2D eigenvalue weighted by molar-refractivity contribution is 5.78. The summed E-state index contributed by atoms with van der Waals surface area (Å²) in [5, 5.41) is 3.05. The maximum Gasteiger partial charge on any atom is 0.234 e. The molecule has 1 aliphatic heterocycles. The van der Waals surface area contributed by atoms with Gasteiger partial charge in [0, 0.05) is 39.3 Å². The molecule has 4 heteroatoms. The summed E-state index contributed by atoms with van der Waals surface area (Å²) >= 11 is 0. The highest BCUT2D eigenvalue weighted by atomic mass is 16.2. The van der Waals surface area contributed by atoms with Crippen molar-refractivity contribution in [1.29, 1.82) is 0 Å².